The predicted molar refractivity (Wildman–Crippen MR) is 144 cm³/mol. The summed E-state index contributed by atoms with van der Waals surface area (Å²) in [5.74, 6) is 0.435. The van der Waals surface area contributed by atoms with Gasteiger partial charge in [0.25, 0.3) is 5.69 Å². The second-order valence-corrected chi connectivity index (χ2v) is 9.22. The Morgan fingerprint density at radius 2 is 1.87 bits per heavy atom. The van der Waals surface area contributed by atoms with Crippen LogP contribution in [0.15, 0.2) is 54.9 Å². The summed E-state index contributed by atoms with van der Waals surface area (Å²) in [6, 6.07) is 11.3. The number of hydrogen-bond donors (Lipinski definition) is 1. The highest BCUT2D eigenvalue weighted by Gasteiger charge is 2.29. The monoisotopic (exact) mass is 543 g/mol. The lowest BCUT2D eigenvalue weighted by molar-refractivity contribution is -0.384. The van der Waals surface area contributed by atoms with E-state index in [1.54, 1.807) is 48.3 Å². The first-order valence-electron chi connectivity index (χ1n) is 11.9. The van der Waals surface area contributed by atoms with Crippen molar-refractivity contribution >= 4 is 33.9 Å². The zero-order chi connectivity index (χ0) is 28.3. The van der Waals surface area contributed by atoms with E-state index in [4.69, 9.17) is 4.74 Å². The van der Waals surface area contributed by atoms with E-state index < -0.39 is 17.6 Å². The Balaban J connectivity index is 1.71. The van der Waals surface area contributed by atoms with Gasteiger partial charge in [0.15, 0.2) is 0 Å². The zero-order valence-electron chi connectivity index (χ0n) is 21.9. The number of halogens is 3. The summed E-state index contributed by atoms with van der Waals surface area (Å²) in [4.78, 5) is 23.9. The topological polar surface area (TPSA) is 102 Å². The molecule has 0 aliphatic carbocycles. The van der Waals surface area contributed by atoms with Crippen LogP contribution >= 0.6 is 0 Å². The average molecular weight is 544 g/mol. The summed E-state index contributed by atoms with van der Waals surface area (Å²) in [6.45, 7) is 0.104. The molecule has 0 aliphatic heterocycles. The number of benzene rings is 2. The maximum atomic E-state index is 13.2. The average Bonchev–Trinajstić information content (AvgIpc) is 3.24. The van der Waals surface area contributed by atoms with Crippen LogP contribution in [-0.4, -0.2) is 71.9 Å². The number of likely N-dealkylation sites (N-methyl/N-ethyl adjacent to an activating group) is 2. The molecule has 0 amide bonds. The van der Waals surface area contributed by atoms with Gasteiger partial charge in [0.1, 0.15) is 18.0 Å². The Hall–Kier alpha value is -4.39. The lowest BCUT2D eigenvalue weighted by atomic mass is 10.1. The molecule has 0 aliphatic rings. The van der Waals surface area contributed by atoms with Crippen molar-refractivity contribution in [3.8, 4) is 17.0 Å². The van der Waals surface area contributed by atoms with Gasteiger partial charge in [-0.15, -0.1) is 0 Å². The number of nitrogens with one attached hydrogen (secondary N) is 1. The molecular formula is C26H28F3N7O3. The minimum Gasteiger partial charge on any atom is -0.494 e. The molecule has 2 heterocycles. The number of anilines is 3. The Labute approximate surface area is 222 Å². The van der Waals surface area contributed by atoms with E-state index in [0.717, 1.165) is 4.57 Å². The van der Waals surface area contributed by atoms with E-state index in [1.165, 1.54) is 25.6 Å². The molecule has 1 N–H and O–H groups in total. The van der Waals surface area contributed by atoms with Crippen molar-refractivity contribution in [3.63, 3.8) is 0 Å². The first-order chi connectivity index (χ1) is 18.5. The molecule has 0 atom stereocenters. The van der Waals surface area contributed by atoms with Gasteiger partial charge in [-0.05, 0) is 26.2 Å². The molecule has 0 saturated carbocycles. The first-order valence-corrected chi connectivity index (χ1v) is 11.9. The summed E-state index contributed by atoms with van der Waals surface area (Å²) in [5, 5.41) is 15.5. The molecule has 0 fully saturated rings. The molecule has 206 valence electrons. The molecule has 4 rings (SSSR count). The fourth-order valence-electron chi connectivity index (χ4n) is 4.21. The highest BCUT2D eigenvalue weighted by atomic mass is 19.4. The summed E-state index contributed by atoms with van der Waals surface area (Å²) >= 11 is 0. The molecule has 0 saturated heterocycles. The molecular weight excluding hydrogens is 515 g/mol. The van der Waals surface area contributed by atoms with Crippen LogP contribution in [0.25, 0.3) is 22.2 Å². The van der Waals surface area contributed by atoms with Crippen LogP contribution in [0.2, 0.25) is 0 Å². The van der Waals surface area contributed by atoms with Crippen LogP contribution in [0.1, 0.15) is 0 Å². The van der Waals surface area contributed by atoms with Gasteiger partial charge in [-0.2, -0.15) is 13.2 Å². The number of nitrogens with zero attached hydrogens (tertiary/aromatic N) is 6. The van der Waals surface area contributed by atoms with Crippen molar-refractivity contribution < 1.29 is 22.8 Å². The van der Waals surface area contributed by atoms with E-state index in [1.807, 2.05) is 19.0 Å². The summed E-state index contributed by atoms with van der Waals surface area (Å²) in [7, 11) is 7.04. The van der Waals surface area contributed by atoms with Crippen molar-refractivity contribution in [3.05, 3.63) is 65.0 Å². The molecule has 0 spiro atoms. The van der Waals surface area contributed by atoms with Crippen LogP contribution in [-0.2, 0) is 6.54 Å². The SMILES string of the molecule is COc1cc(N(C)CCN(C)C)c([N+](=O)[O-])cc1Nc1nccc(-c2cn(CC(F)(F)F)c3ccccc23)n1. The van der Waals surface area contributed by atoms with E-state index in [9.17, 15) is 23.3 Å². The van der Waals surface area contributed by atoms with Crippen LogP contribution in [0, 0.1) is 10.1 Å². The van der Waals surface area contributed by atoms with Crippen molar-refractivity contribution in [2.75, 3.05) is 51.6 Å². The van der Waals surface area contributed by atoms with Crippen molar-refractivity contribution in [2.45, 2.75) is 12.7 Å². The quantitative estimate of drug-likeness (QED) is 0.212. The minimum atomic E-state index is -4.39. The van der Waals surface area contributed by atoms with Crippen LogP contribution in [0.3, 0.4) is 0 Å². The van der Waals surface area contributed by atoms with Gasteiger partial charge in [0.05, 0.1) is 23.4 Å². The minimum absolute atomic E-state index is 0.0986. The highest BCUT2D eigenvalue weighted by molar-refractivity contribution is 5.95. The zero-order valence-corrected chi connectivity index (χ0v) is 21.9. The Morgan fingerprint density at radius 3 is 2.54 bits per heavy atom. The number of aromatic nitrogens is 3. The van der Waals surface area contributed by atoms with Gasteiger partial charge in [0.2, 0.25) is 5.95 Å². The fourth-order valence-corrected chi connectivity index (χ4v) is 4.21. The largest absolute Gasteiger partial charge is 0.494 e. The van der Waals surface area contributed by atoms with Gasteiger partial charge < -0.3 is 24.4 Å². The molecule has 0 bridgehead atoms. The van der Waals surface area contributed by atoms with Crippen molar-refractivity contribution in [1.82, 2.24) is 19.4 Å². The second-order valence-electron chi connectivity index (χ2n) is 9.22. The van der Waals surface area contributed by atoms with Gasteiger partial charge >= 0.3 is 6.18 Å². The maximum absolute atomic E-state index is 13.2. The van der Waals surface area contributed by atoms with Crippen LogP contribution < -0.4 is 15.0 Å². The summed E-state index contributed by atoms with van der Waals surface area (Å²) in [6.07, 6.45) is -1.52. The predicted octanol–water partition coefficient (Wildman–Crippen LogP) is 5.32. The summed E-state index contributed by atoms with van der Waals surface area (Å²) < 4.78 is 46.2. The Bertz CT molecular complexity index is 1490. The first kappa shape index (κ1) is 27.6. The normalized spacial score (nSPS) is 11.7. The van der Waals surface area contributed by atoms with Crippen LogP contribution in [0.4, 0.5) is 36.2 Å². The number of ether oxygens (including phenoxy) is 1. The molecule has 10 nitrogen and oxygen atoms in total. The Morgan fingerprint density at radius 1 is 1.13 bits per heavy atom. The van der Waals surface area contributed by atoms with E-state index in [0.29, 0.717) is 46.7 Å². The molecule has 0 unspecified atom stereocenters. The van der Waals surface area contributed by atoms with E-state index in [-0.39, 0.29) is 17.3 Å². The smallest absolute Gasteiger partial charge is 0.406 e. The number of fused-ring (bicyclic) bond motifs is 1. The van der Waals surface area contributed by atoms with Gasteiger partial charge in [-0.25, -0.2) is 9.97 Å². The molecule has 4 aromatic rings. The fraction of sp³-hybridized carbons (Fsp3) is 0.308. The van der Waals surface area contributed by atoms with Gasteiger partial charge in [-0.3, -0.25) is 10.1 Å². The van der Waals surface area contributed by atoms with Crippen molar-refractivity contribution in [1.29, 1.82) is 0 Å². The number of methoxy groups -OCH3 is 1. The third-order valence-electron chi connectivity index (χ3n) is 6.10. The number of hydrogen-bond acceptors (Lipinski definition) is 8. The van der Waals surface area contributed by atoms with Crippen molar-refractivity contribution in [2.24, 2.45) is 0 Å². The standard InChI is InChI=1S/C26H28F3N7O3/c1-33(2)11-12-34(3)22-14-24(39-4)20(13-23(22)36(37)38)32-25-30-10-9-19(31-25)18-15-35(16-26(27,28)29)21-8-6-5-7-17(18)21/h5-10,13-15H,11-12,16H2,1-4H3,(H,30,31,32). The summed E-state index contributed by atoms with van der Waals surface area (Å²) in [5.41, 5.74) is 1.83. The third kappa shape index (κ3) is 6.37. The molecule has 2 aromatic heterocycles. The van der Waals surface area contributed by atoms with Gasteiger partial charge in [0, 0.05) is 61.1 Å². The maximum Gasteiger partial charge on any atom is 0.406 e. The molecule has 0 radical (unpaired) electrons. The molecule has 2 aromatic carbocycles. The number of alkyl halides is 3. The molecule has 39 heavy (non-hydrogen) atoms. The Kier molecular flexibility index (Phi) is 7.90. The lowest BCUT2D eigenvalue weighted by Gasteiger charge is -2.22. The van der Waals surface area contributed by atoms with Crippen LogP contribution in [0.5, 0.6) is 5.75 Å². The number of para-hydroxylation sites is 1. The number of rotatable bonds is 10. The second kappa shape index (κ2) is 11.2. The third-order valence-corrected chi connectivity index (χ3v) is 6.10. The number of nitro benzene ring substituents is 1. The van der Waals surface area contributed by atoms with E-state index >= 15 is 0 Å². The van der Waals surface area contributed by atoms with E-state index in [2.05, 4.69) is 15.3 Å². The highest BCUT2D eigenvalue weighted by Crippen LogP contribution is 2.39. The molecule has 13 heteroatoms. The van der Waals surface area contributed by atoms with Gasteiger partial charge in [-0.1, -0.05) is 18.2 Å². The lowest BCUT2D eigenvalue weighted by Crippen LogP contribution is -2.28. The number of nitro groups is 1.